The predicted octanol–water partition coefficient (Wildman–Crippen LogP) is 4.09. The number of nitrogens with zero attached hydrogens (tertiary/aromatic N) is 1. The van der Waals surface area contributed by atoms with E-state index in [-0.39, 0.29) is 0 Å². The monoisotopic (exact) mass is 267 g/mol. The molecule has 1 saturated carbocycles. The summed E-state index contributed by atoms with van der Waals surface area (Å²) in [4.78, 5) is 2.57. The minimum atomic E-state index is 0.539. The first-order valence-electron chi connectivity index (χ1n) is 8.50. The van der Waals surface area contributed by atoms with Crippen molar-refractivity contribution in [3.05, 3.63) is 0 Å². The third kappa shape index (κ3) is 5.07. The van der Waals surface area contributed by atoms with Gasteiger partial charge in [-0.25, -0.2) is 0 Å². The van der Waals surface area contributed by atoms with Crippen LogP contribution in [0.1, 0.15) is 65.7 Å². The van der Waals surface area contributed by atoms with E-state index in [1.165, 1.54) is 58.0 Å². The summed E-state index contributed by atoms with van der Waals surface area (Å²) in [6.45, 7) is 10.4. The van der Waals surface area contributed by atoms with Crippen LogP contribution in [-0.4, -0.2) is 36.7 Å². The molecule has 2 fully saturated rings. The Bertz CT molecular complexity index is 238. The van der Waals surface area contributed by atoms with E-state index in [9.17, 15) is 0 Å². The average Bonchev–Trinajstić information content (AvgIpc) is 2.41. The van der Waals surface area contributed by atoms with Crippen molar-refractivity contribution >= 4 is 0 Å². The third-order valence-corrected chi connectivity index (χ3v) is 5.22. The van der Waals surface area contributed by atoms with Crippen LogP contribution in [-0.2, 0) is 4.74 Å². The molecule has 0 N–H and O–H groups in total. The van der Waals surface area contributed by atoms with E-state index < -0.39 is 0 Å². The molecule has 0 radical (unpaired) electrons. The van der Waals surface area contributed by atoms with Crippen molar-refractivity contribution in [1.29, 1.82) is 0 Å². The van der Waals surface area contributed by atoms with Gasteiger partial charge in [0.15, 0.2) is 0 Å². The van der Waals surface area contributed by atoms with Crippen LogP contribution >= 0.6 is 0 Å². The van der Waals surface area contributed by atoms with Crippen LogP contribution in [0.2, 0.25) is 0 Å². The zero-order valence-corrected chi connectivity index (χ0v) is 13.2. The third-order valence-electron chi connectivity index (χ3n) is 5.22. The SMILES string of the molecule is CC1CCC(CCOC2CCN(C(C)C)CC2)CC1. The van der Waals surface area contributed by atoms with Gasteiger partial charge in [-0.3, -0.25) is 0 Å². The second-order valence-corrected chi connectivity index (χ2v) is 7.11. The van der Waals surface area contributed by atoms with E-state index >= 15 is 0 Å². The van der Waals surface area contributed by atoms with E-state index in [0.29, 0.717) is 12.1 Å². The molecule has 0 bridgehead atoms. The molecular formula is C17H33NO. The maximum atomic E-state index is 6.11. The van der Waals surface area contributed by atoms with Gasteiger partial charge in [-0.1, -0.05) is 32.6 Å². The van der Waals surface area contributed by atoms with Crippen molar-refractivity contribution in [1.82, 2.24) is 4.90 Å². The summed E-state index contributed by atoms with van der Waals surface area (Å²) in [5.41, 5.74) is 0. The first-order valence-corrected chi connectivity index (χ1v) is 8.50. The zero-order chi connectivity index (χ0) is 13.7. The smallest absolute Gasteiger partial charge is 0.0599 e. The van der Waals surface area contributed by atoms with Crippen LogP contribution < -0.4 is 0 Å². The molecular weight excluding hydrogens is 234 g/mol. The maximum Gasteiger partial charge on any atom is 0.0599 e. The highest BCUT2D eigenvalue weighted by atomic mass is 16.5. The summed E-state index contributed by atoms with van der Waals surface area (Å²) in [5, 5.41) is 0. The van der Waals surface area contributed by atoms with Gasteiger partial charge < -0.3 is 9.64 Å². The molecule has 0 amide bonds. The molecule has 1 aliphatic carbocycles. The molecule has 1 heterocycles. The van der Waals surface area contributed by atoms with Gasteiger partial charge in [0.05, 0.1) is 6.10 Å². The Hall–Kier alpha value is -0.0800. The molecule has 2 heteroatoms. The fourth-order valence-corrected chi connectivity index (χ4v) is 3.58. The molecule has 0 atom stereocenters. The summed E-state index contributed by atoms with van der Waals surface area (Å²) in [7, 11) is 0. The van der Waals surface area contributed by atoms with Crippen LogP contribution in [0.25, 0.3) is 0 Å². The Balaban J connectivity index is 1.54. The molecule has 2 rings (SSSR count). The Morgan fingerprint density at radius 3 is 2.21 bits per heavy atom. The second-order valence-electron chi connectivity index (χ2n) is 7.11. The normalized spacial score (nSPS) is 30.9. The lowest BCUT2D eigenvalue weighted by atomic mass is 9.82. The standard InChI is InChI=1S/C17H33NO/c1-14(2)18-11-8-17(9-12-18)19-13-10-16-6-4-15(3)5-7-16/h14-17H,4-13H2,1-3H3. The molecule has 0 aromatic carbocycles. The highest BCUT2D eigenvalue weighted by molar-refractivity contribution is 4.75. The average molecular weight is 267 g/mol. The number of ether oxygens (including phenoxy) is 1. The zero-order valence-electron chi connectivity index (χ0n) is 13.2. The topological polar surface area (TPSA) is 12.5 Å². The van der Waals surface area contributed by atoms with E-state index in [4.69, 9.17) is 4.74 Å². The molecule has 0 aromatic rings. The van der Waals surface area contributed by atoms with Crippen molar-refractivity contribution in [2.24, 2.45) is 11.8 Å². The van der Waals surface area contributed by atoms with Crippen LogP contribution in [0.3, 0.4) is 0 Å². The highest BCUT2D eigenvalue weighted by Crippen LogP contribution is 2.30. The van der Waals surface area contributed by atoms with Crippen molar-refractivity contribution in [3.8, 4) is 0 Å². The Morgan fingerprint density at radius 1 is 1.00 bits per heavy atom. The van der Waals surface area contributed by atoms with Crippen LogP contribution in [0.5, 0.6) is 0 Å². The molecule has 2 nitrogen and oxygen atoms in total. The number of hydrogen-bond donors (Lipinski definition) is 0. The number of hydrogen-bond acceptors (Lipinski definition) is 2. The van der Waals surface area contributed by atoms with Gasteiger partial charge in [0.1, 0.15) is 0 Å². The fourth-order valence-electron chi connectivity index (χ4n) is 3.58. The van der Waals surface area contributed by atoms with Crippen molar-refractivity contribution in [2.45, 2.75) is 77.9 Å². The van der Waals surface area contributed by atoms with E-state index in [1.54, 1.807) is 0 Å². The number of likely N-dealkylation sites (tertiary alicyclic amines) is 1. The Kier molecular flexibility index (Phi) is 6.15. The van der Waals surface area contributed by atoms with Gasteiger partial charge in [0.2, 0.25) is 0 Å². The summed E-state index contributed by atoms with van der Waals surface area (Å²) >= 11 is 0. The van der Waals surface area contributed by atoms with Gasteiger partial charge in [0, 0.05) is 25.7 Å². The largest absolute Gasteiger partial charge is 0.378 e. The molecule has 1 saturated heterocycles. The van der Waals surface area contributed by atoms with E-state index in [1.807, 2.05) is 0 Å². The molecule has 0 unspecified atom stereocenters. The lowest BCUT2D eigenvalue weighted by molar-refractivity contribution is -0.00567. The molecule has 0 spiro atoms. The van der Waals surface area contributed by atoms with Crippen molar-refractivity contribution < 1.29 is 4.74 Å². The molecule has 0 aromatic heterocycles. The maximum absolute atomic E-state index is 6.11. The summed E-state index contributed by atoms with van der Waals surface area (Å²) in [5.74, 6) is 1.92. The Morgan fingerprint density at radius 2 is 1.63 bits per heavy atom. The van der Waals surface area contributed by atoms with Gasteiger partial charge in [-0.2, -0.15) is 0 Å². The van der Waals surface area contributed by atoms with Gasteiger partial charge in [0.25, 0.3) is 0 Å². The van der Waals surface area contributed by atoms with Crippen molar-refractivity contribution in [3.63, 3.8) is 0 Å². The minimum absolute atomic E-state index is 0.539. The highest BCUT2D eigenvalue weighted by Gasteiger charge is 2.22. The predicted molar refractivity (Wildman–Crippen MR) is 81.4 cm³/mol. The first-order chi connectivity index (χ1) is 9.15. The lowest BCUT2D eigenvalue weighted by Gasteiger charge is -2.34. The van der Waals surface area contributed by atoms with E-state index in [2.05, 4.69) is 25.7 Å². The summed E-state index contributed by atoms with van der Waals surface area (Å²) in [6.07, 6.45) is 10.1. The lowest BCUT2D eigenvalue weighted by Crippen LogP contribution is -2.41. The van der Waals surface area contributed by atoms with Gasteiger partial charge in [-0.05, 0) is 44.9 Å². The van der Waals surface area contributed by atoms with Crippen LogP contribution in [0.4, 0.5) is 0 Å². The van der Waals surface area contributed by atoms with Crippen LogP contribution in [0, 0.1) is 11.8 Å². The number of piperidine rings is 1. The minimum Gasteiger partial charge on any atom is -0.378 e. The summed E-state index contributed by atoms with van der Waals surface area (Å²) < 4.78 is 6.11. The molecule has 19 heavy (non-hydrogen) atoms. The van der Waals surface area contributed by atoms with Crippen molar-refractivity contribution in [2.75, 3.05) is 19.7 Å². The summed E-state index contributed by atoms with van der Waals surface area (Å²) in [6, 6.07) is 0.699. The molecule has 112 valence electrons. The number of rotatable bonds is 5. The van der Waals surface area contributed by atoms with Crippen LogP contribution in [0.15, 0.2) is 0 Å². The second kappa shape index (κ2) is 7.64. The molecule has 2 aliphatic rings. The molecule has 1 aliphatic heterocycles. The fraction of sp³-hybridized carbons (Fsp3) is 1.00. The van der Waals surface area contributed by atoms with E-state index in [0.717, 1.165) is 18.4 Å². The Labute approximate surface area is 119 Å². The quantitative estimate of drug-likeness (QED) is 0.744. The van der Waals surface area contributed by atoms with Gasteiger partial charge in [-0.15, -0.1) is 0 Å². The first kappa shape index (κ1) is 15.3. The van der Waals surface area contributed by atoms with Gasteiger partial charge >= 0.3 is 0 Å².